The highest BCUT2D eigenvalue weighted by Gasteiger charge is 2.13. The summed E-state index contributed by atoms with van der Waals surface area (Å²) in [5.74, 6) is 0.850. The average Bonchev–Trinajstić information content (AvgIpc) is 3.04. The Bertz CT molecular complexity index is 810. The Balaban J connectivity index is 1.90. The van der Waals surface area contributed by atoms with E-state index >= 15 is 0 Å². The molecule has 0 aliphatic rings. The molecule has 0 fully saturated rings. The molecule has 0 atom stereocenters. The maximum absolute atomic E-state index is 6.14. The molecule has 0 spiro atoms. The molecular weight excluding hydrogens is 322 g/mol. The van der Waals surface area contributed by atoms with Crippen LogP contribution in [0.5, 0.6) is 0 Å². The van der Waals surface area contributed by atoms with Gasteiger partial charge < -0.3 is 15.2 Å². The second kappa shape index (κ2) is 7.64. The summed E-state index contributed by atoms with van der Waals surface area (Å²) in [6, 6.07) is 7.82. The van der Waals surface area contributed by atoms with Crippen molar-refractivity contribution in [3.05, 3.63) is 41.8 Å². The van der Waals surface area contributed by atoms with Crippen molar-refractivity contribution >= 4 is 28.5 Å². The number of H-pyrrole nitrogens is 1. The van der Waals surface area contributed by atoms with E-state index in [1.54, 1.807) is 6.33 Å². The summed E-state index contributed by atoms with van der Waals surface area (Å²) in [7, 11) is 0. The molecule has 0 saturated heterocycles. The lowest BCUT2D eigenvalue weighted by molar-refractivity contribution is 0.316. The van der Waals surface area contributed by atoms with Gasteiger partial charge in [-0.1, -0.05) is 37.6 Å². The first-order valence-corrected chi connectivity index (χ1v) is 8.65. The number of rotatable bonds is 7. The number of nitrogens with one attached hydrogen (secondary N) is 2. The SMILES string of the molecule is CCN(CC)CCNc1ncnc2[nH]cc(-c3cccc(Cl)c3)c12. The topological polar surface area (TPSA) is 56.8 Å². The van der Waals surface area contributed by atoms with Gasteiger partial charge in [0.2, 0.25) is 0 Å². The summed E-state index contributed by atoms with van der Waals surface area (Å²) in [6.45, 7) is 8.28. The number of hydrogen-bond acceptors (Lipinski definition) is 4. The third-order valence-electron chi connectivity index (χ3n) is 4.22. The van der Waals surface area contributed by atoms with Gasteiger partial charge >= 0.3 is 0 Å². The molecule has 0 unspecified atom stereocenters. The van der Waals surface area contributed by atoms with Crippen LogP contribution in [0.25, 0.3) is 22.2 Å². The van der Waals surface area contributed by atoms with Crippen LogP contribution >= 0.6 is 11.6 Å². The Hall–Kier alpha value is -2.11. The van der Waals surface area contributed by atoms with Gasteiger partial charge in [0.1, 0.15) is 17.8 Å². The summed E-state index contributed by atoms with van der Waals surface area (Å²) in [4.78, 5) is 14.4. The summed E-state index contributed by atoms with van der Waals surface area (Å²) in [5.41, 5.74) is 2.93. The number of nitrogens with zero attached hydrogens (tertiary/aromatic N) is 3. The zero-order chi connectivity index (χ0) is 16.9. The van der Waals surface area contributed by atoms with Crippen molar-refractivity contribution in [2.75, 3.05) is 31.5 Å². The first kappa shape index (κ1) is 16.7. The Morgan fingerprint density at radius 2 is 2.04 bits per heavy atom. The number of hydrogen-bond donors (Lipinski definition) is 2. The average molecular weight is 344 g/mol. The molecule has 0 aliphatic carbocycles. The minimum Gasteiger partial charge on any atom is -0.368 e. The Morgan fingerprint density at radius 1 is 1.21 bits per heavy atom. The molecule has 0 aliphatic heterocycles. The summed E-state index contributed by atoms with van der Waals surface area (Å²) >= 11 is 6.14. The number of halogens is 1. The Labute approximate surface area is 147 Å². The standard InChI is InChI=1S/C18H22ClN5/c1-3-24(4-2)9-8-20-17-16-15(11-21-18(16)23-12-22-17)13-6-5-7-14(19)10-13/h5-7,10-12H,3-4,8-9H2,1-2H3,(H2,20,21,22,23). The molecule has 2 N–H and O–H groups in total. The quantitative estimate of drug-likeness (QED) is 0.680. The molecule has 24 heavy (non-hydrogen) atoms. The van der Waals surface area contributed by atoms with Crippen LogP contribution in [0, 0.1) is 0 Å². The Morgan fingerprint density at radius 3 is 2.79 bits per heavy atom. The van der Waals surface area contributed by atoms with Crippen molar-refractivity contribution in [2.24, 2.45) is 0 Å². The fourth-order valence-corrected chi connectivity index (χ4v) is 3.04. The molecule has 6 heteroatoms. The van der Waals surface area contributed by atoms with Crippen LogP contribution in [-0.2, 0) is 0 Å². The smallest absolute Gasteiger partial charge is 0.143 e. The van der Waals surface area contributed by atoms with Gasteiger partial charge in [-0.05, 0) is 30.8 Å². The highest BCUT2D eigenvalue weighted by Crippen LogP contribution is 2.32. The lowest BCUT2D eigenvalue weighted by Crippen LogP contribution is -2.28. The number of fused-ring (bicyclic) bond motifs is 1. The van der Waals surface area contributed by atoms with Crippen LogP contribution in [-0.4, -0.2) is 46.0 Å². The van der Waals surface area contributed by atoms with E-state index in [1.165, 1.54) is 0 Å². The zero-order valence-corrected chi connectivity index (χ0v) is 14.8. The van der Waals surface area contributed by atoms with E-state index in [9.17, 15) is 0 Å². The van der Waals surface area contributed by atoms with Gasteiger partial charge in [-0.3, -0.25) is 0 Å². The number of likely N-dealkylation sites (N-methyl/N-ethyl adjacent to an activating group) is 1. The summed E-state index contributed by atoms with van der Waals surface area (Å²) in [5, 5.41) is 5.17. The van der Waals surface area contributed by atoms with E-state index in [2.05, 4.69) is 39.0 Å². The summed E-state index contributed by atoms with van der Waals surface area (Å²) in [6.07, 6.45) is 3.54. The fraction of sp³-hybridized carbons (Fsp3) is 0.333. The molecular formula is C18H22ClN5. The van der Waals surface area contributed by atoms with Crippen LogP contribution in [0.1, 0.15) is 13.8 Å². The van der Waals surface area contributed by atoms with Gasteiger partial charge in [-0.2, -0.15) is 0 Å². The highest BCUT2D eigenvalue weighted by atomic mass is 35.5. The molecule has 2 aromatic heterocycles. The largest absolute Gasteiger partial charge is 0.368 e. The van der Waals surface area contributed by atoms with Crippen LogP contribution in [0.4, 0.5) is 5.82 Å². The highest BCUT2D eigenvalue weighted by molar-refractivity contribution is 6.31. The van der Waals surface area contributed by atoms with Crippen LogP contribution in [0.3, 0.4) is 0 Å². The number of benzene rings is 1. The lowest BCUT2D eigenvalue weighted by atomic mass is 10.1. The van der Waals surface area contributed by atoms with E-state index in [0.717, 1.165) is 59.2 Å². The van der Waals surface area contributed by atoms with E-state index in [-0.39, 0.29) is 0 Å². The van der Waals surface area contributed by atoms with Crippen molar-refractivity contribution in [2.45, 2.75) is 13.8 Å². The normalized spacial score (nSPS) is 11.3. The second-order valence-electron chi connectivity index (χ2n) is 5.61. The second-order valence-corrected chi connectivity index (χ2v) is 6.05. The molecule has 0 radical (unpaired) electrons. The first-order valence-electron chi connectivity index (χ1n) is 8.27. The predicted molar refractivity (Wildman–Crippen MR) is 101 cm³/mol. The number of anilines is 1. The summed E-state index contributed by atoms with van der Waals surface area (Å²) < 4.78 is 0. The van der Waals surface area contributed by atoms with Gasteiger partial charge in [-0.25, -0.2) is 9.97 Å². The third-order valence-corrected chi connectivity index (χ3v) is 4.46. The van der Waals surface area contributed by atoms with Crippen molar-refractivity contribution in [3.8, 4) is 11.1 Å². The molecule has 2 heterocycles. The van der Waals surface area contributed by atoms with E-state index in [4.69, 9.17) is 11.6 Å². The van der Waals surface area contributed by atoms with Gasteiger partial charge in [0.05, 0.1) is 5.39 Å². The monoisotopic (exact) mass is 343 g/mol. The van der Waals surface area contributed by atoms with Crippen molar-refractivity contribution in [3.63, 3.8) is 0 Å². The number of aromatic nitrogens is 3. The van der Waals surface area contributed by atoms with E-state index < -0.39 is 0 Å². The molecule has 3 aromatic rings. The van der Waals surface area contributed by atoms with Crippen LogP contribution < -0.4 is 5.32 Å². The molecule has 0 saturated carbocycles. The van der Waals surface area contributed by atoms with Crippen LogP contribution in [0.15, 0.2) is 36.8 Å². The fourth-order valence-electron chi connectivity index (χ4n) is 2.85. The predicted octanol–water partition coefficient (Wildman–Crippen LogP) is 4.03. The maximum Gasteiger partial charge on any atom is 0.143 e. The lowest BCUT2D eigenvalue weighted by Gasteiger charge is -2.18. The van der Waals surface area contributed by atoms with Gasteiger partial charge in [0.15, 0.2) is 0 Å². The minimum absolute atomic E-state index is 0.717. The van der Waals surface area contributed by atoms with Crippen molar-refractivity contribution < 1.29 is 0 Å². The van der Waals surface area contributed by atoms with Crippen LogP contribution in [0.2, 0.25) is 5.02 Å². The van der Waals surface area contributed by atoms with Gasteiger partial charge in [-0.15, -0.1) is 0 Å². The van der Waals surface area contributed by atoms with Crippen molar-refractivity contribution in [1.29, 1.82) is 0 Å². The third kappa shape index (κ3) is 3.52. The zero-order valence-electron chi connectivity index (χ0n) is 14.0. The molecule has 126 valence electrons. The van der Waals surface area contributed by atoms with Gasteiger partial charge in [0.25, 0.3) is 0 Å². The molecule has 1 aromatic carbocycles. The molecule has 0 amide bonds. The van der Waals surface area contributed by atoms with E-state index in [1.807, 2.05) is 30.5 Å². The van der Waals surface area contributed by atoms with E-state index in [0.29, 0.717) is 0 Å². The Kier molecular flexibility index (Phi) is 5.33. The maximum atomic E-state index is 6.14. The molecule has 5 nitrogen and oxygen atoms in total. The number of aromatic amines is 1. The van der Waals surface area contributed by atoms with Crippen molar-refractivity contribution in [1.82, 2.24) is 19.9 Å². The first-order chi connectivity index (χ1) is 11.7. The van der Waals surface area contributed by atoms with Gasteiger partial charge in [0, 0.05) is 29.9 Å². The minimum atomic E-state index is 0.717. The molecule has 3 rings (SSSR count). The molecule has 0 bridgehead atoms.